The Balaban J connectivity index is 0.000000564. The first-order valence-corrected chi connectivity index (χ1v) is 32.1. The third-order valence-electron chi connectivity index (χ3n) is 16.6. The topological polar surface area (TPSA) is 183 Å². The number of hydrogen-bond donors (Lipinski definition) is 2. The van der Waals surface area contributed by atoms with Crippen LogP contribution < -0.4 is 16.9 Å². The van der Waals surface area contributed by atoms with Crippen LogP contribution in [0, 0.1) is 88.3 Å². The van der Waals surface area contributed by atoms with Crippen molar-refractivity contribution in [2.45, 2.75) is 164 Å². The number of nitrogens with two attached hydrogens (primary N) is 1. The van der Waals surface area contributed by atoms with Gasteiger partial charge in [-0.15, -0.1) is 0 Å². The molecular weight excluding hydrogens is 1380 g/mol. The maximum atomic E-state index is 16.6. The second-order valence-electron chi connectivity index (χ2n) is 25.9. The van der Waals surface area contributed by atoms with Gasteiger partial charge in [0.05, 0.1) is 43.2 Å². The van der Waals surface area contributed by atoms with Crippen molar-refractivity contribution in [1.82, 2.24) is 18.9 Å². The average molecular weight is 1480 g/mol. The zero-order chi connectivity index (χ0) is 75.2. The first kappa shape index (κ1) is 89.7. The van der Waals surface area contributed by atoms with E-state index in [-0.39, 0.29) is 103 Å². The Morgan fingerprint density at radius 3 is 1.27 bits per heavy atom. The Bertz CT molecular complexity index is 4000. The fourth-order valence-electron chi connectivity index (χ4n) is 11.5. The Morgan fingerprint density at radius 2 is 0.901 bits per heavy atom. The molecule has 0 saturated heterocycles. The molecule has 3 N–H and O–H groups in total. The van der Waals surface area contributed by atoms with Crippen LogP contribution in [0.15, 0.2) is 70.5 Å². The molecule has 2 aromatic heterocycles. The molecule has 4 atom stereocenters. The van der Waals surface area contributed by atoms with Crippen molar-refractivity contribution in [1.29, 1.82) is 0 Å². The summed E-state index contributed by atoms with van der Waals surface area (Å²) in [6.45, 7) is 20.9. The highest BCUT2D eigenvalue weighted by molar-refractivity contribution is 7.59. The molecular formula is C73H93F12N5O9S2. The van der Waals surface area contributed by atoms with Gasteiger partial charge in [0.15, 0.2) is 5.78 Å². The van der Waals surface area contributed by atoms with Gasteiger partial charge in [0.2, 0.25) is 0 Å². The van der Waals surface area contributed by atoms with Gasteiger partial charge in [-0.1, -0.05) is 39.8 Å². The summed E-state index contributed by atoms with van der Waals surface area (Å²) >= 11 is 0. The second-order valence-corrected chi connectivity index (χ2v) is 25.9. The van der Waals surface area contributed by atoms with E-state index in [1.807, 2.05) is 67.7 Å². The lowest BCUT2D eigenvalue weighted by Gasteiger charge is -2.26. The van der Waals surface area contributed by atoms with Crippen molar-refractivity contribution < 1.29 is 86.4 Å². The number of carboxylic acids is 1. The van der Waals surface area contributed by atoms with Crippen LogP contribution in [-0.4, -0.2) is 102 Å². The molecule has 0 amide bonds. The minimum absolute atomic E-state index is 0. The third-order valence-corrected chi connectivity index (χ3v) is 16.6. The molecule has 14 nitrogen and oxygen atoms in total. The highest BCUT2D eigenvalue weighted by atomic mass is 32.1. The summed E-state index contributed by atoms with van der Waals surface area (Å²) in [7, 11) is 7.75. The smallest absolute Gasteiger partial charge is 0.419 e. The van der Waals surface area contributed by atoms with Crippen molar-refractivity contribution in [3.63, 3.8) is 0 Å². The number of Topliss-reactive ketones (excluding diaryl/α,β-unsaturated/α-hetero) is 1. The van der Waals surface area contributed by atoms with Gasteiger partial charge in [0, 0.05) is 78.3 Å². The molecule has 0 aliphatic carbocycles. The predicted octanol–water partition coefficient (Wildman–Crippen LogP) is 15.8. The number of ether oxygens (including phenoxy) is 2. The maximum Gasteiger partial charge on any atom is 0.419 e. The molecule has 0 aliphatic rings. The van der Waals surface area contributed by atoms with Gasteiger partial charge in [-0.05, 0) is 201 Å². The van der Waals surface area contributed by atoms with Crippen LogP contribution in [0.25, 0.3) is 22.3 Å². The number of aryl methyl sites for hydroxylation is 4. The number of nitrogens with zero attached hydrogens (tertiary/aromatic N) is 4. The highest BCUT2D eigenvalue weighted by Crippen LogP contribution is 2.45. The molecule has 0 radical (unpaired) electrons. The van der Waals surface area contributed by atoms with Crippen LogP contribution in [0.2, 0.25) is 0 Å². The number of carboxylic acid groups (broad SMARTS) is 1. The van der Waals surface area contributed by atoms with Gasteiger partial charge < -0.3 is 39.2 Å². The standard InChI is InChI=1S/C37H44F6N2O4.C20H19F6NO2.C16H26N2O3.2H2S/c1-9-49-32(48)17-25(16-30(46)29(14-20(2)3)45-19-24(12-13-44(7)8)22(5)15-31(45)47)34-35(39)26(18-27(36(34)40)37(41,42)43)33-21(4)10-11-28(38)23(33)6;1-4-29-15(28)8-14(27)17-18(22)11(7-12(19(17)23)20(24,25)26)16-9(2)5-6-13(21)10(16)3;1-11(2)8-14(16(20)21)18-10-13(6-7-17(4)5)12(3)9-15(18)19;;/h10-11,15,18-20,25,29H,9,12-14,16-17H2,1-8H3;5-7,14H,4,8,27H2,1-3H3;9-11,14H,6-8H2,1-5H3,(H,20,21);2*1H2/t25-,29?;14-;;;/m00.../s1. The number of ketones is 1. The molecule has 101 heavy (non-hydrogen) atoms. The maximum absolute atomic E-state index is 16.6. The van der Waals surface area contributed by atoms with E-state index in [9.17, 15) is 73.4 Å². The van der Waals surface area contributed by atoms with E-state index in [4.69, 9.17) is 10.5 Å². The SMILES string of the molecule is CCOC(=O)C[C@H](CC(=O)C(CC(C)C)n1cc(CCN(C)C)c(C)cc1=O)c1c(F)c(-c2c(C)ccc(F)c2C)cc(C(F)(F)F)c1F.CCOC(=O)C[C@H](N)c1c(F)c(-c2c(C)ccc(F)c2C)cc(C(F)(F)F)c1F.Cc1cc(=O)n(C(CC(C)C)C(=O)O)cc1CCN(C)C.S.S. The zero-order valence-corrected chi connectivity index (χ0v) is 61.6. The van der Waals surface area contributed by atoms with E-state index in [1.54, 1.807) is 25.4 Å². The Kier molecular flexibility index (Phi) is 34.4. The molecule has 2 unspecified atom stereocenters. The molecule has 6 rings (SSSR count). The van der Waals surface area contributed by atoms with Crippen molar-refractivity contribution in [3.8, 4) is 22.3 Å². The molecule has 0 bridgehead atoms. The lowest BCUT2D eigenvalue weighted by atomic mass is 9.83. The van der Waals surface area contributed by atoms with Crippen LogP contribution in [0.1, 0.15) is 164 Å². The normalized spacial score (nSPS) is 12.8. The number of esters is 2. The van der Waals surface area contributed by atoms with Crippen molar-refractivity contribution >= 4 is 50.7 Å². The van der Waals surface area contributed by atoms with Crippen LogP contribution >= 0.6 is 27.0 Å². The fraction of sp³-hybridized carbons (Fsp3) is 0.479. The number of carbonyl (C=O) groups is 4. The summed E-state index contributed by atoms with van der Waals surface area (Å²) in [5.41, 5.74) is 1.07. The summed E-state index contributed by atoms with van der Waals surface area (Å²) in [4.78, 5) is 79.5. The number of pyridine rings is 2. The number of aromatic nitrogens is 2. The summed E-state index contributed by atoms with van der Waals surface area (Å²) < 4.78 is 187. The first-order chi connectivity index (χ1) is 45.9. The summed E-state index contributed by atoms with van der Waals surface area (Å²) in [6.07, 6.45) is -7.61. The predicted molar refractivity (Wildman–Crippen MR) is 375 cm³/mol. The molecule has 0 saturated carbocycles. The lowest BCUT2D eigenvalue weighted by molar-refractivity contribution is -0.144. The molecule has 4 aromatic carbocycles. The molecule has 0 spiro atoms. The first-order valence-electron chi connectivity index (χ1n) is 32.1. The monoisotopic (exact) mass is 1480 g/mol. The minimum atomic E-state index is -5.31. The highest BCUT2D eigenvalue weighted by Gasteiger charge is 2.42. The van der Waals surface area contributed by atoms with E-state index >= 15 is 13.2 Å². The van der Waals surface area contributed by atoms with Gasteiger partial charge in [0.25, 0.3) is 11.1 Å². The van der Waals surface area contributed by atoms with E-state index in [2.05, 4.69) is 9.64 Å². The van der Waals surface area contributed by atoms with Crippen molar-refractivity contribution in [2.24, 2.45) is 17.6 Å². The molecule has 6 aromatic rings. The quantitative estimate of drug-likeness (QED) is 0.0388. The van der Waals surface area contributed by atoms with Gasteiger partial charge in [-0.3, -0.25) is 24.0 Å². The number of carbonyl (C=O) groups excluding carboxylic acids is 3. The number of benzene rings is 4. The molecule has 2 heterocycles. The molecule has 28 heteroatoms. The van der Waals surface area contributed by atoms with Crippen LogP contribution in [0.4, 0.5) is 52.7 Å². The van der Waals surface area contributed by atoms with E-state index in [0.717, 1.165) is 41.8 Å². The Morgan fingerprint density at radius 1 is 0.535 bits per heavy atom. The van der Waals surface area contributed by atoms with E-state index in [0.29, 0.717) is 31.0 Å². The van der Waals surface area contributed by atoms with E-state index < -0.39 is 153 Å². The minimum Gasteiger partial charge on any atom is -0.480 e. The van der Waals surface area contributed by atoms with Gasteiger partial charge in [-0.25, -0.2) is 31.1 Å². The second kappa shape index (κ2) is 38.8. The number of alkyl halides is 6. The Hall–Kier alpha value is -7.40. The number of hydrogen-bond acceptors (Lipinski definition) is 11. The number of rotatable bonds is 26. The lowest BCUT2D eigenvalue weighted by Crippen LogP contribution is -2.32. The Labute approximate surface area is 595 Å². The van der Waals surface area contributed by atoms with Crippen LogP contribution in [0.5, 0.6) is 0 Å². The van der Waals surface area contributed by atoms with Crippen molar-refractivity contribution in [2.75, 3.05) is 54.5 Å². The summed E-state index contributed by atoms with van der Waals surface area (Å²) in [5, 5.41) is 9.41. The van der Waals surface area contributed by atoms with Crippen LogP contribution in [-0.2, 0) is 53.8 Å². The molecule has 0 aliphatic heterocycles. The average Bonchev–Trinajstić information content (AvgIpc) is 0.761. The van der Waals surface area contributed by atoms with Crippen molar-refractivity contribution in [3.05, 3.63) is 183 Å². The van der Waals surface area contributed by atoms with Gasteiger partial charge >= 0.3 is 30.3 Å². The molecule has 560 valence electrons. The van der Waals surface area contributed by atoms with Gasteiger partial charge in [-0.2, -0.15) is 53.3 Å². The third kappa shape index (κ3) is 23.8. The summed E-state index contributed by atoms with van der Waals surface area (Å²) in [5.74, 6) is -13.6. The summed E-state index contributed by atoms with van der Waals surface area (Å²) in [6, 6.07) is 4.53. The number of halogens is 12. The van der Waals surface area contributed by atoms with Crippen LogP contribution in [0.3, 0.4) is 0 Å². The van der Waals surface area contributed by atoms with Gasteiger partial charge in [0.1, 0.15) is 40.9 Å². The zero-order valence-electron chi connectivity index (χ0n) is 59.6. The van der Waals surface area contributed by atoms with E-state index in [1.165, 1.54) is 68.9 Å². The largest absolute Gasteiger partial charge is 0.480 e. The number of likely N-dealkylation sites (N-methyl/N-ethyl adjacent to an activating group) is 2. The molecule has 0 fully saturated rings. The number of aliphatic carboxylic acids is 1. The fourth-order valence-corrected chi connectivity index (χ4v) is 11.5.